The smallest absolute Gasteiger partial charge is 0.289 e. The van der Waals surface area contributed by atoms with Crippen LogP contribution in [0.2, 0.25) is 0 Å². The second-order valence-corrected chi connectivity index (χ2v) is 7.99. The first-order valence-corrected chi connectivity index (χ1v) is 10.9. The Hall–Kier alpha value is -3.65. The van der Waals surface area contributed by atoms with Crippen molar-refractivity contribution in [2.75, 3.05) is 40.1 Å². The number of nitrogens with zero attached hydrogens (tertiary/aromatic N) is 2. The summed E-state index contributed by atoms with van der Waals surface area (Å²) in [5, 5.41) is 0. The number of rotatable bonds is 7. The molecule has 2 aliphatic heterocycles. The maximum absolute atomic E-state index is 12.9. The van der Waals surface area contributed by atoms with Crippen molar-refractivity contribution in [1.82, 2.24) is 9.80 Å². The number of carbonyl (C=O) groups excluding carboxylic acids is 1. The molecule has 8 nitrogen and oxygen atoms in total. The highest BCUT2D eigenvalue weighted by Gasteiger charge is 2.25. The van der Waals surface area contributed by atoms with Gasteiger partial charge in [-0.3, -0.25) is 9.69 Å². The van der Waals surface area contributed by atoms with Gasteiger partial charge in [-0.15, -0.1) is 0 Å². The number of hydrogen-bond acceptors (Lipinski definition) is 7. The van der Waals surface area contributed by atoms with Crippen molar-refractivity contribution in [3.63, 3.8) is 0 Å². The largest absolute Gasteiger partial charge is 0.497 e. The Bertz CT molecular complexity index is 1100. The van der Waals surface area contributed by atoms with E-state index in [1.165, 1.54) is 5.56 Å². The summed E-state index contributed by atoms with van der Waals surface area (Å²) in [4.78, 5) is 17.0. The van der Waals surface area contributed by atoms with Crippen LogP contribution in [0.5, 0.6) is 23.0 Å². The van der Waals surface area contributed by atoms with Crippen LogP contribution in [-0.4, -0.2) is 55.8 Å². The molecule has 172 valence electrons. The highest BCUT2D eigenvalue weighted by Crippen LogP contribution is 2.33. The molecule has 1 fully saturated rings. The average Bonchev–Trinajstić information content (AvgIpc) is 3.52. The predicted molar refractivity (Wildman–Crippen MR) is 120 cm³/mol. The second-order valence-electron chi connectivity index (χ2n) is 7.99. The molecule has 0 spiro atoms. The number of carbonyl (C=O) groups is 1. The van der Waals surface area contributed by atoms with Crippen LogP contribution < -0.4 is 18.9 Å². The lowest BCUT2D eigenvalue weighted by molar-refractivity contribution is 0.0594. The molecule has 0 unspecified atom stereocenters. The normalized spacial score (nSPS) is 15.5. The summed E-state index contributed by atoms with van der Waals surface area (Å²) in [5.74, 6) is 3.92. The van der Waals surface area contributed by atoms with Crippen molar-refractivity contribution in [2.45, 2.75) is 13.2 Å². The zero-order chi connectivity index (χ0) is 22.6. The lowest BCUT2D eigenvalue weighted by Crippen LogP contribution is -2.48. The fraction of sp³-hybridized carbons (Fsp3) is 0.320. The van der Waals surface area contributed by atoms with Crippen LogP contribution in [0.1, 0.15) is 21.9 Å². The maximum atomic E-state index is 12.9. The number of furan rings is 1. The van der Waals surface area contributed by atoms with Crippen molar-refractivity contribution < 1.29 is 28.2 Å². The number of methoxy groups -OCH3 is 1. The highest BCUT2D eigenvalue weighted by atomic mass is 16.7. The van der Waals surface area contributed by atoms with Crippen molar-refractivity contribution in [1.29, 1.82) is 0 Å². The summed E-state index contributed by atoms with van der Waals surface area (Å²) < 4.78 is 27.5. The first-order valence-electron chi connectivity index (χ1n) is 10.9. The van der Waals surface area contributed by atoms with Gasteiger partial charge in [-0.05, 0) is 54.1 Å². The molecule has 3 heterocycles. The Morgan fingerprint density at radius 3 is 2.45 bits per heavy atom. The number of amides is 1. The number of ether oxygens (including phenoxy) is 4. The van der Waals surface area contributed by atoms with Crippen LogP contribution >= 0.6 is 0 Å². The van der Waals surface area contributed by atoms with Gasteiger partial charge in [0.2, 0.25) is 6.79 Å². The molecule has 2 aliphatic rings. The Balaban J connectivity index is 1.11. The van der Waals surface area contributed by atoms with Crippen molar-refractivity contribution >= 4 is 5.91 Å². The van der Waals surface area contributed by atoms with Crippen molar-refractivity contribution in [2.24, 2.45) is 0 Å². The molecule has 33 heavy (non-hydrogen) atoms. The van der Waals surface area contributed by atoms with Crippen LogP contribution in [-0.2, 0) is 13.2 Å². The summed E-state index contributed by atoms with van der Waals surface area (Å²) in [6.07, 6.45) is 0. The maximum Gasteiger partial charge on any atom is 0.289 e. The summed E-state index contributed by atoms with van der Waals surface area (Å²) in [6, 6.07) is 16.9. The third kappa shape index (κ3) is 4.90. The summed E-state index contributed by atoms with van der Waals surface area (Å²) in [6.45, 7) is 4.25. The van der Waals surface area contributed by atoms with Crippen molar-refractivity contribution in [3.05, 3.63) is 71.7 Å². The minimum absolute atomic E-state index is 0.0894. The standard InChI is InChI=1S/C25H26N2O6/c1-29-19-3-5-20(6-4-19)30-16-21-7-9-23(33-21)25(28)27-12-10-26(11-13-27)15-18-2-8-22-24(14-18)32-17-31-22/h2-9,14H,10-13,15-17H2,1H3. The van der Waals surface area contributed by atoms with Gasteiger partial charge in [0.25, 0.3) is 5.91 Å². The highest BCUT2D eigenvalue weighted by molar-refractivity contribution is 5.91. The second kappa shape index (κ2) is 9.46. The molecule has 2 aromatic carbocycles. The SMILES string of the molecule is COc1ccc(OCc2ccc(C(=O)N3CCN(Cc4ccc5c(c4)OCO5)CC3)o2)cc1. The lowest BCUT2D eigenvalue weighted by Gasteiger charge is -2.34. The van der Waals surface area contributed by atoms with E-state index in [1.807, 2.05) is 41.3 Å². The summed E-state index contributed by atoms with van der Waals surface area (Å²) in [7, 11) is 1.62. The number of fused-ring (bicyclic) bond motifs is 1. The monoisotopic (exact) mass is 450 g/mol. The van der Waals surface area contributed by atoms with Crippen LogP contribution in [0.25, 0.3) is 0 Å². The van der Waals surface area contributed by atoms with Gasteiger partial charge in [0.15, 0.2) is 17.3 Å². The molecule has 0 saturated carbocycles. The molecule has 1 aromatic heterocycles. The fourth-order valence-corrected chi connectivity index (χ4v) is 3.96. The minimum atomic E-state index is -0.0894. The zero-order valence-electron chi connectivity index (χ0n) is 18.5. The van der Waals surface area contributed by atoms with E-state index in [2.05, 4.69) is 11.0 Å². The van der Waals surface area contributed by atoms with Gasteiger partial charge in [0.05, 0.1) is 7.11 Å². The van der Waals surface area contributed by atoms with Gasteiger partial charge >= 0.3 is 0 Å². The van der Waals surface area contributed by atoms with Gasteiger partial charge in [-0.1, -0.05) is 6.07 Å². The van der Waals surface area contributed by atoms with Gasteiger partial charge in [0.1, 0.15) is 23.9 Å². The van der Waals surface area contributed by atoms with Crippen LogP contribution in [0.3, 0.4) is 0 Å². The summed E-state index contributed by atoms with van der Waals surface area (Å²) >= 11 is 0. The van der Waals surface area contributed by atoms with Crippen LogP contribution in [0.15, 0.2) is 59.0 Å². The van der Waals surface area contributed by atoms with Crippen LogP contribution in [0, 0.1) is 0 Å². The molecular weight excluding hydrogens is 424 g/mol. The molecule has 8 heteroatoms. The molecule has 0 aliphatic carbocycles. The molecular formula is C25H26N2O6. The number of piperazine rings is 1. The molecule has 0 atom stereocenters. The van der Waals surface area contributed by atoms with E-state index in [9.17, 15) is 4.79 Å². The molecule has 1 amide bonds. The molecule has 0 radical (unpaired) electrons. The Morgan fingerprint density at radius 2 is 1.67 bits per heavy atom. The average molecular weight is 450 g/mol. The quantitative estimate of drug-likeness (QED) is 0.545. The third-order valence-corrected chi connectivity index (χ3v) is 5.82. The first-order chi connectivity index (χ1) is 16.2. The lowest BCUT2D eigenvalue weighted by atomic mass is 10.1. The first kappa shape index (κ1) is 21.2. The molecule has 5 rings (SSSR count). The van der Waals surface area contributed by atoms with Gasteiger partial charge < -0.3 is 28.3 Å². The van der Waals surface area contributed by atoms with Gasteiger partial charge in [0, 0.05) is 32.7 Å². The van der Waals surface area contributed by atoms with E-state index in [4.69, 9.17) is 23.4 Å². The van der Waals surface area contributed by atoms with Gasteiger partial charge in [-0.25, -0.2) is 0 Å². The zero-order valence-corrected chi connectivity index (χ0v) is 18.5. The minimum Gasteiger partial charge on any atom is -0.497 e. The Kier molecular flexibility index (Phi) is 6.08. The van der Waals surface area contributed by atoms with Gasteiger partial charge in [-0.2, -0.15) is 0 Å². The van der Waals surface area contributed by atoms with E-state index in [-0.39, 0.29) is 19.3 Å². The van der Waals surface area contributed by atoms with Crippen LogP contribution in [0.4, 0.5) is 0 Å². The molecule has 0 N–H and O–H groups in total. The van der Waals surface area contributed by atoms with E-state index in [1.54, 1.807) is 19.2 Å². The topological polar surface area (TPSA) is 73.6 Å². The molecule has 3 aromatic rings. The number of hydrogen-bond donors (Lipinski definition) is 0. The number of benzene rings is 2. The third-order valence-electron chi connectivity index (χ3n) is 5.82. The Morgan fingerprint density at radius 1 is 0.909 bits per heavy atom. The molecule has 1 saturated heterocycles. The Labute approximate surface area is 192 Å². The summed E-state index contributed by atoms with van der Waals surface area (Å²) in [5.41, 5.74) is 1.17. The predicted octanol–water partition coefficient (Wildman–Crippen LogP) is 3.55. The van der Waals surface area contributed by atoms with E-state index < -0.39 is 0 Å². The molecule has 0 bridgehead atoms. The van der Waals surface area contributed by atoms with E-state index >= 15 is 0 Å². The van der Waals surface area contributed by atoms with Crippen molar-refractivity contribution in [3.8, 4) is 23.0 Å². The van der Waals surface area contributed by atoms with E-state index in [0.29, 0.717) is 30.4 Å². The fourth-order valence-electron chi connectivity index (χ4n) is 3.96. The van der Waals surface area contributed by atoms with E-state index in [0.717, 1.165) is 36.9 Å².